The van der Waals surface area contributed by atoms with E-state index in [0.717, 1.165) is 30.6 Å². The van der Waals surface area contributed by atoms with Crippen molar-refractivity contribution in [2.75, 3.05) is 13.1 Å². The standard InChI is InChI=1S/C17H28N4O3.ClH/c1-17(12-7-8-12)15(23)21(16(24)20-17)10-14(22)19-13(9-18)11-5-3-2-4-6-11;/h11-13H,2-10,18H2,1H3,(H,19,22)(H,20,24);1H. The molecule has 25 heavy (non-hydrogen) atoms. The third-order valence-corrected chi connectivity index (χ3v) is 5.82. The molecular weight excluding hydrogens is 344 g/mol. The van der Waals surface area contributed by atoms with Gasteiger partial charge in [-0.1, -0.05) is 19.3 Å². The summed E-state index contributed by atoms with van der Waals surface area (Å²) >= 11 is 0. The molecule has 1 aliphatic heterocycles. The van der Waals surface area contributed by atoms with Crippen LogP contribution in [0.15, 0.2) is 0 Å². The van der Waals surface area contributed by atoms with Gasteiger partial charge in [0.25, 0.3) is 5.91 Å². The van der Waals surface area contributed by atoms with E-state index in [4.69, 9.17) is 5.73 Å². The summed E-state index contributed by atoms with van der Waals surface area (Å²) in [5.74, 6) is 0.000242. The molecular formula is C17H29ClN4O3. The Morgan fingerprint density at radius 2 is 1.92 bits per heavy atom. The van der Waals surface area contributed by atoms with Crippen molar-refractivity contribution in [2.45, 2.75) is 63.5 Å². The van der Waals surface area contributed by atoms with Crippen LogP contribution in [-0.2, 0) is 9.59 Å². The molecule has 0 aromatic rings. The van der Waals surface area contributed by atoms with E-state index < -0.39 is 11.6 Å². The van der Waals surface area contributed by atoms with Crippen LogP contribution in [0.3, 0.4) is 0 Å². The fraction of sp³-hybridized carbons (Fsp3) is 0.824. The Morgan fingerprint density at radius 1 is 1.28 bits per heavy atom. The quantitative estimate of drug-likeness (QED) is 0.608. The van der Waals surface area contributed by atoms with Crippen molar-refractivity contribution in [2.24, 2.45) is 17.6 Å². The minimum Gasteiger partial charge on any atom is -0.350 e. The van der Waals surface area contributed by atoms with Crippen molar-refractivity contribution in [3.63, 3.8) is 0 Å². The maximum Gasteiger partial charge on any atom is 0.325 e. The molecule has 0 aromatic heterocycles. The maximum atomic E-state index is 12.5. The Bertz CT molecular complexity index is 534. The smallest absolute Gasteiger partial charge is 0.325 e. The fourth-order valence-corrected chi connectivity index (χ4v) is 4.10. The molecule has 3 aliphatic rings. The Kier molecular flexibility index (Phi) is 6.32. The molecule has 0 spiro atoms. The van der Waals surface area contributed by atoms with Gasteiger partial charge in [-0.25, -0.2) is 4.79 Å². The summed E-state index contributed by atoms with van der Waals surface area (Å²) in [6.07, 6.45) is 7.62. The summed E-state index contributed by atoms with van der Waals surface area (Å²) in [7, 11) is 0. The minimum absolute atomic E-state index is 0. The van der Waals surface area contributed by atoms with Gasteiger partial charge < -0.3 is 16.4 Å². The van der Waals surface area contributed by atoms with Crippen molar-refractivity contribution < 1.29 is 14.4 Å². The number of amides is 4. The monoisotopic (exact) mass is 372 g/mol. The Morgan fingerprint density at radius 3 is 2.48 bits per heavy atom. The number of nitrogens with one attached hydrogen (secondary N) is 2. The van der Waals surface area contributed by atoms with Gasteiger partial charge in [0.1, 0.15) is 12.1 Å². The van der Waals surface area contributed by atoms with Crippen LogP contribution >= 0.6 is 12.4 Å². The predicted octanol–water partition coefficient (Wildman–Crippen LogP) is 1.15. The highest BCUT2D eigenvalue weighted by Gasteiger charge is 2.56. The van der Waals surface area contributed by atoms with E-state index in [1.807, 2.05) is 0 Å². The first-order valence-corrected chi connectivity index (χ1v) is 9.09. The molecule has 2 unspecified atom stereocenters. The summed E-state index contributed by atoms with van der Waals surface area (Å²) in [6.45, 7) is 1.92. The van der Waals surface area contributed by atoms with Gasteiger partial charge in [-0.15, -0.1) is 12.4 Å². The van der Waals surface area contributed by atoms with Crippen LogP contribution in [0.25, 0.3) is 0 Å². The Hall–Kier alpha value is -1.34. The zero-order chi connectivity index (χ0) is 17.3. The molecule has 2 atom stereocenters. The number of hydrogen-bond donors (Lipinski definition) is 3. The first-order valence-electron chi connectivity index (χ1n) is 9.09. The second-order valence-electron chi connectivity index (χ2n) is 7.61. The van der Waals surface area contributed by atoms with Crippen LogP contribution in [0.4, 0.5) is 4.79 Å². The Labute approximate surface area is 154 Å². The van der Waals surface area contributed by atoms with E-state index >= 15 is 0 Å². The van der Waals surface area contributed by atoms with Crippen LogP contribution < -0.4 is 16.4 Å². The van der Waals surface area contributed by atoms with Gasteiger partial charge in [-0.3, -0.25) is 14.5 Å². The van der Waals surface area contributed by atoms with Crippen molar-refractivity contribution in [1.82, 2.24) is 15.5 Å². The van der Waals surface area contributed by atoms with E-state index in [0.29, 0.717) is 12.5 Å². The number of hydrogen-bond acceptors (Lipinski definition) is 4. The van der Waals surface area contributed by atoms with Crippen LogP contribution in [0.5, 0.6) is 0 Å². The maximum absolute atomic E-state index is 12.5. The van der Waals surface area contributed by atoms with Crippen LogP contribution in [0, 0.1) is 11.8 Å². The first-order chi connectivity index (χ1) is 11.5. The van der Waals surface area contributed by atoms with Crippen LogP contribution in [0.2, 0.25) is 0 Å². The second-order valence-corrected chi connectivity index (χ2v) is 7.61. The highest BCUT2D eigenvalue weighted by molar-refractivity contribution is 6.09. The second kappa shape index (κ2) is 7.91. The van der Waals surface area contributed by atoms with Crippen LogP contribution in [0.1, 0.15) is 51.9 Å². The normalized spacial score (nSPS) is 28.3. The summed E-state index contributed by atoms with van der Waals surface area (Å²) in [5, 5.41) is 5.70. The van der Waals surface area contributed by atoms with E-state index in [-0.39, 0.29) is 42.7 Å². The predicted molar refractivity (Wildman–Crippen MR) is 96.2 cm³/mol. The molecule has 4 N–H and O–H groups in total. The zero-order valence-electron chi connectivity index (χ0n) is 14.8. The van der Waals surface area contributed by atoms with Crippen molar-refractivity contribution in [3.05, 3.63) is 0 Å². The molecule has 1 heterocycles. The molecule has 7 nitrogen and oxygen atoms in total. The van der Waals surface area contributed by atoms with E-state index in [1.54, 1.807) is 6.92 Å². The lowest BCUT2D eigenvalue weighted by atomic mass is 9.84. The Balaban J connectivity index is 0.00000225. The largest absolute Gasteiger partial charge is 0.350 e. The average molecular weight is 373 g/mol. The van der Waals surface area contributed by atoms with Crippen molar-refractivity contribution in [3.8, 4) is 0 Å². The van der Waals surface area contributed by atoms with Gasteiger partial charge in [0.15, 0.2) is 0 Å². The molecule has 2 saturated carbocycles. The lowest BCUT2D eigenvalue weighted by Crippen LogP contribution is -2.50. The highest BCUT2D eigenvalue weighted by atomic mass is 35.5. The number of rotatable bonds is 6. The number of carbonyl (C=O) groups excluding carboxylic acids is 3. The van der Waals surface area contributed by atoms with Gasteiger partial charge in [-0.2, -0.15) is 0 Å². The van der Waals surface area contributed by atoms with E-state index in [9.17, 15) is 14.4 Å². The molecule has 3 rings (SSSR count). The minimum atomic E-state index is -0.839. The number of imide groups is 1. The van der Waals surface area contributed by atoms with Crippen molar-refractivity contribution in [1.29, 1.82) is 0 Å². The number of halogens is 1. The molecule has 3 fully saturated rings. The van der Waals surface area contributed by atoms with Gasteiger partial charge in [0.2, 0.25) is 5.91 Å². The molecule has 2 aliphatic carbocycles. The van der Waals surface area contributed by atoms with Gasteiger partial charge in [0.05, 0.1) is 0 Å². The van der Waals surface area contributed by atoms with Crippen LogP contribution in [-0.4, -0.2) is 47.4 Å². The van der Waals surface area contributed by atoms with Crippen molar-refractivity contribution >= 4 is 30.3 Å². The topological polar surface area (TPSA) is 105 Å². The molecule has 8 heteroatoms. The number of urea groups is 1. The van der Waals surface area contributed by atoms with Gasteiger partial charge in [0, 0.05) is 12.6 Å². The average Bonchev–Trinajstić information content (AvgIpc) is 3.40. The van der Waals surface area contributed by atoms with Gasteiger partial charge in [-0.05, 0) is 44.4 Å². The third-order valence-electron chi connectivity index (χ3n) is 5.82. The number of nitrogens with zero attached hydrogens (tertiary/aromatic N) is 1. The molecule has 0 radical (unpaired) electrons. The molecule has 142 valence electrons. The van der Waals surface area contributed by atoms with Gasteiger partial charge >= 0.3 is 6.03 Å². The summed E-state index contributed by atoms with van der Waals surface area (Å²) < 4.78 is 0. The molecule has 4 amide bonds. The SMILES string of the molecule is CC1(C2CC2)NC(=O)N(CC(=O)NC(CN)C2CCCCC2)C1=O.Cl. The molecule has 0 aromatic carbocycles. The van der Waals surface area contributed by atoms with E-state index in [2.05, 4.69) is 10.6 Å². The number of carbonyl (C=O) groups is 3. The number of nitrogens with two attached hydrogens (primary N) is 1. The van der Waals surface area contributed by atoms with E-state index in [1.165, 1.54) is 19.3 Å². The first kappa shape index (κ1) is 20.0. The highest BCUT2D eigenvalue weighted by Crippen LogP contribution is 2.42. The third kappa shape index (κ3) is 4.08. The summed E-state index contributed by atoms with van der Waals surface area (Å²) in [5.41, 5.74) is 4.99. The molecule has 0 bridgehead atoms. The lowest BCUT2D eigenvalue weighted by molar-refractivity contribution is -0.135. The fourth-order valence-electron chi connectivity index (χ4n) is 4.10. The molecule has 1 saturated heterocycles. The summed E-state index contributed by atoms with van der Waals surface area (Å²) in [6, 6.07) is -0.542. The summed E-state index contributed by atoms with van der Waals surface area (Å²) in [4.78, 5) is 38.1. The lowest BCUT2D eigenvalue weighted by Gasteiger charge is -2.30. The zero-order valence-corrected chi connectivity index (χ0v) is 15.6.